The number of benzene rings is 2. The van der Waals surface area contributed by atoms with Crippen molar-refractivity contribution in [2.45, 2.75) is 12.8 Å². The summed E-state index contributed by atoms with van der Waals surface area (Å²) in [7, 11) is 1.79. The third-order valence-corrected chi connectivity index (χ3v) is 3.86. The standard InChI is InChI=1S/C20H24FN3O2/c1-24(15-20(26)23-18-11-9-17(21)10-12-18)14-19(25)22-13-5-8-16-6-3-2-4-7-16/h2-4,6-7,9-12H,5,8,13-15H2,1H3,(H,22,25)(H,23,26)/p+1. The molecule has 0 saturated carbocycles. The average Bonchev–Trinajstić information content (AvgIpc) is 2.61. The lowest BCUT2D eigenvalue weighted by atomic mass is 10.1. The summed E-state index contributed by atoms with van der Waals surface area (Å²) in [6.07, 6.45) is 1.80. The summed E-state index contributed by atoms with van der Waals surface area (Å²) < 4.78 is 12.8. The number of quaternary nitrogens is 1. The summed E-state index contributed by atoms with van der Waals surface area (Å²) >= 11 is 0. The number of aryl methyl sites for hydroxylation is 1. The lowest BCUT2D eigenvalue weighted by molar-refractivity contribution is -0.862. The zero-order valence-electron chi connectivity index (χ0n) is 14.9. The molecule has 0 aliphatic heterocycles. The first-order valence-electron chi connectivity index (χ1n) is 8.70. The van der Waals surface area contributed by atoms with Crippen molar-refractivity contribution in [3.05, 3.63) is 66.0 Å². The van der Waals surface area contributed by atoms with E-state index in [0.29, 0.717) is 12.2 Å². The van der Waals surface area contributed by atoms with Crippen molar-refractivity contribution in [1.29, 1.82) is 0 Å². The Kier molecular flexibility index (Phi) is 7.76. The largest absolute Gasteiger partial charge is 0.351 e. The van der Waals surface area contributed by atoms with E-state index in [0.717, 1.165) is 17.7 Å². The molecule has 0 saturated heterocycles. The highest BCUT2D eigenvalue weighted by molar-refractivity contribution is 5.91. The summed E-state index contributed by atoms with van der Waals surface area (Å²) in [5, 5.41) is 5.57. The van der Waals surface area contributed by atoms with Gasteiger partial charge in [-0.1, -0.05) is 30.3 Å². The van der Waals surface area contributed by atoms with Gasteiger partial charge in [-0.15, -0.1) is 0 Å². The molecular formula is C20H25FN3O2+. The Labute approximate surface area is 153 Å². The van der Waals surface area contributed by atoms with Crippen LogP contribution in [-0.2, 0) is 16.0 Å². The molecule has 0 aliphatic carbocycles. The number of hydrogen-bond donors (Lipinski definition) is 3. The molecule has 2 amide bonds. The van der Waals surface area contributed by atoms with Crippen LogP contribution in [0.4, 0.5) is 10.1 Å². The summed E-state index contributed by atoms with van der Waals surface area (Å²) in [6, 6.07) is 15.7. The summed E-state index contributed by atoms with van der Waals surface area (Å²) in [5.41, 5.74) is 1.79. The Morgan fingerprint density at radius 2 is 1.62 bits per heavy atom. The predicted molar refractivity (Wildman–Crippen MR) is 99.4 cm³/mol. The van der Waals surface area contributed by atoms with Crippen LogP contribution in [0.3, 0.4) is 0 Å². The van der Waals surface area contributed by atoms with Crippen molar-refractivity contribution in [2.24, 2.45) is 0 Å². The van der Waals surface area contributed by atoms with E-state index >= 15 is 0 Å². The lowest BCUT2D eigenvalue weighted by Gasteiger charge is -2.13. The number of nitrogens with one attached hydrogen (secondary N) is 3. The smallest absolute Gasteiger partial charge is 0.279 e. The second kappa shape index (κ2) is 10.3. The van der Waals surface area contributed by atoms with E-state index in [1.807, 2.05) is 18.2 Å². The van der Waals surface area contributed by atoms with Crippen LogP contribution in [0.25, 0.3) is 0 Å². The molecule has 0 fully saturated rings. The first-order chi connectivity index (χ1) is 12.5. The molecule has 3 N–H and O–H groups in total. The Balaban J connectivity index is 1.61. The number of anilines is 1. The first-order valence-corrected chi connectivity index (χ1v) is 8.70. The van der Waals surface area contributed by atoms with Crippen molar-refractivity contribution in [3.63, 3.8) is 0 Å². The van der Waals surface area contributed by atoms with E-state index in [9.17, 15) is 14.0 Å². The first kappa shape index (κ1) is 19.6. The Bertz CT molecular complexity index is 705. The molecule has 1 unspecified atom stereocenters. The van der Waals surface area contributed by atoms with Gasteiger partial charge in [0.1, 0.15) is 5.82 Å². The van der Waals surface area contributed by atoms with Crippen LogP contribution in [-0.4, -0.2) is 38.5 Å². The van der Waals surface area contributed by atoms with Crippen LogP contribution in [0, 0.1) is 5.82 Å². The molecule has 0 radical (unpaired) electrons. The molecule has 0 heterocycles. The van der Waals surface area contributed by atoms with E-state index in [2.05, 4.69) is 22.8 Å². The highest BCUT2D eigenvalue weighted by atomic mass is 19.1. The average molecular weight is 358 g/mol. The zero-order chi connectivity index (χ0) is 18.8. The lowest BCUT2D eigenvalue weighted by Crippen LogP contribution is -3.11. The van der Waals surface area contributed by atoms with Gasteiger partial charge in [-0.25, -0.2) is 4.39 Å². The van der Waals surface area contributed by atoms with Gasteiger partial charge in [0.2, 0.25) is 0 Å². The molecule has 5 nitrogen and oxygen atoms in total. The van der Waals surface area contributed by atoms with Gasteiger partial charge in [-0.2, -0.15) is 0 Å². The van der Waals surface area contributed by atoms with Gasteiger partial charge in [0.25, 0.3) is 11.8 Å². The van der Waals surface area contributed by atoms with Gasteiger partial charge < -0.3 is 15.5 Å². The minimum atomic E-state index is -0.352. The van der Waals surface area contributed by atoms with E-state index < -0.39 is 0 Å². The maximum atomic E-state index is 12.8. The Morgan fingerprint density at radius 1 is 0.962 bits per heavy atom. The fraction of sp³-hybridized carbons (Fsp3) is 0.300. The van der Waals surface area contributed by atoms with E-state index in [-0.39, 0.29) is 30.7 Å². The molecule has 1 atom stereocenters. The minimum absolute atomic E-state index is 0.0786. The van der Waals surface area contributed by atoms with Crippen molar-refractivity contribution in [2.75, 3.05) is 32.0 Å². The number of rotatable bonds is 9. The molecule has 0 aromatic heterocycles. The monoisotopic (exact) mass is 358 g/mol. The predicted octanol–water partition coefficient (Wildman–Crippen LogP) is 1.03. The van der Waals surface area contributed by atoms with Crippen LogP contribution in [0.15, 0.2) is 54.6 Å². The van der Waals surface area contributed by atoms with Crippen LogP contribution in [0.2, 0.25) is 0 Å². The molecule has 0 spiro atoms. The highest BCUT2D eigenvalue weighted by Crippen LogP contribution is 2.07. The number of carbonyl (C=O) groups is 2. The fourth-order valence-electron chi connectivity index (χ4n) is 2.58. The third kappa shape index (κ3) is 7.44. The SMILES string of the molecule is C[NH+](CC(=O)NCCCc1ccccc1)CC(=O)Nc1ccc(F)cc1. The molecule has 138 valence electrons. The third-order valence-electron chi connectivity index (χ3n) is 3.86. The number of carbonyl (C=O) groups excluding carboxylic acids is 2. The van der Waals surface area contributed by atoms with Crippen LogP contribution >= 0.6 is 0 Å². The molecule has 2 aromatic carbocycles. The normalized spacial score (nSPS) is 11.6. The van der Waals surface area contributed by atoms with Crippen LogP contribution < -0.4 is 15.5 Å². The van der Waals surface area contributed by atoms with Gasteiger partial charge >= 0.3 is 0 Å². The Hall–Kier alpha value is -2.73. The fourth-order valence-corrected chi connectivity index (χ4v) is 2.58. The second-order valence-corrected chi connectivity index (χ2v) is 6.30. The quantitative estimate of drug-likeness (QED) is 0.587. The summed E-state index contributed by atoms with van der Waals surface area (Å²) in [4.78, 5) is 24.7. The molecule has 0 aliphatic rings. The molecule has 26 heavy (non-hydrogen) atoms. The maximum Gasteiger partial charge on any atom is 0.279 e. The number of likely N-dealkylation sites (N-methyl/N-ethyl adjacent to an activating group) is 1. The van der Waals surface area contributed by atoms with Gasteiger partial charge in [-0.05, 0) is 42.7 Å². The Morgan fingerprint density at radius 3 is 2.31 bits per heavy atom. The van der Waals surface area contributed by atoms with Crippen molar-refractivity contribution < 1.29 is 18.9 Å². The van der Waals surface area contributed by atoms with Gasteiger partial charge in [0, 0.05) is 12.2 Å². The minimum Gasteiger partial charge on any atom is -0.351 e. The van der Waals surface area contributed by atoms with Gasteiger partial charge in [-0.3, -0.25) is 9.59 Å². The highest BCUT2D eigenvalue weighted by Gasteiger charge is 2.14. The van der Waals surface area contributed by atoms with E-state index in [1.54, 1.807) is 7.05 Å². The van der Waals surface area contributed by atoms with Gasteiger partial charge in [0.05, 0.1) is 7.05 Å². The molecule has 6 heteroatoms. The van der Waals surface area contributed by atoms with Crippen molar-refractivity contribution >= 4 is 17.5 Å². The number of halogens is 1. The second-order valence-electron chi connectivity index (χ2n) is 6.30. The zero-order valence-corrected chi connectivity index (χ0v) is 14.9. The molecule has 2 rings (SSSR count). The molecular weight excluding hydrogens is 333 g/mol. The van der Waals surface area contributed by atoms with E-state index in [1.165, 1.54) is 29.8 Å². The van der Waals surface area contributed by atoms with Crippen LogP contribution in [0.5, 0.6) is 0 Å². The number of amides is 2. The maximum absolute atomic E-state index is 12.8. The van der Waals surface area contributed by atoms with Crippen LogP contribution in [0.1, 0.15) is 12.0 Å². The molecule has 2 aromatic rings. The van der Waals surface area contributed by atoms with Gasteiger partial charge in [0.15, 0.2) is 13.1 Å². The molecule has 0 bridgehead atoms. The topological polar surface area (TPSA) is 62.6 Å². The summed E-state index contributed by atoms with van der Waals surface area (Å²) in [6.45, 7) is 1.000. The summed E-state index contributed by atoms with van der Waals surface area (Å²) in [5.74, 6) is -0.647. The van der Waals surface area contributed by atoms with E-state index in [4.69, 9.17) is 0 Å². The van der Waals surface area contributed by atoms with Crippen molar-refractivity contribution in [1.82, 2.24) is 5.32 Å². The number of hydrogen-bond acceptors (Lipinski definition) is 2. The van der Waals surface area contributed by atoms with Crippen molar-refractivity contribution in [3.8, 4) is 0 Å².